The molecule has 0 fully saturated rings. The second-order valence-corrected chi connectivity index (χ2v) is 5.56. The fourth-order valence-corrected chi connectivity index (χ4v) is 2.92. The van der Waals surface area contributed by atoms with Gasteiger partial charge in [0.2, 0.25) is 5.91 Å². The number of methoxy groups -OCH3 is 2. The number of amides is 1. The van der Waals surface area contributed by atoms with E-state index in [0.29, 0.717) is 31.1 Å². The number of benzene rings is 2. The largest absolute Gasteiger partial charge is 0.494 e. The molecule has 0 spiro atoms. The molecule has 1 aliphatic rings. The fraction of sp³-hybridized carbons (Fsp3) is 0.316. The average molecular weight is 327 g/mol. The van der Waals surface area contributed by atoms with E-state index in [1.807, 2.05) is 43.3 Å². The maximum Gasteiger partial charge on any atom is 0.231 e. The quantitative estimate of drug-likeness (QED) is 0.846. The molecule has 2 aromatic rings. The third-order valence-corrected chi connectivity index (χ3v) is 4.14. The Bertz CT molecular complexity index is 740. The van der Waals surface area contributed by atoms with E-state index in [1.54, 1.807) is 19.1 Å². The van der Waals surface area contributed by atoms with E-state index in [0.717, 1.165) is 22.6 Å². The summed E-state index contributed by atoms with van der Waals surface area (Å²) < 4.78 is 16.1. The summed E-state index contributed by atoms with van der Waals surface area (Å²) >= 11 is 0. The molecule has 2 aromatic carbocycles. The van der Waals surface area contributed by atoms with Crippen LogP contribution >= 0.6 is 0 Å². The van der Waals surface area contributed by atoms with Crippen LogP contribution in [0.1, 0.15) is 18.1 Å². The van der Waals surface area contributed by atoms with Gasteiger partial charge in [0.1, 0.15) is 5.75 Å². The van der Waals surface area contributed by atoms with Gasteiger partial charge in [0.15, 0.2) is 11.5 Å². The highest BCUT2D eigenvalue weighted by Gasteiger charge is 2.26. The van der Waals surface area contributed by atoms with E-state index in [4.69, 9.17) is 14.2 Å². The van der Waals surface area contributed by atoms with Gasteiger partial charge in [-0.05, 0) is 54.4 Å². The minimum atomic E-state index is 0.0684. The van der Waals surface area contributed by atoms with Gasteiger partial charge in [-0.2, -0.15) is 0 Å². The first-order chi connectivity index (χ1) is 11.7. The Hall–Kier alpha value is -2.69. The van der Waals surface area contributed by atoms with Crippen molar-refractivity contribution in [2.45, 2.75) is 19.9 Å². The van der Waals surface area contributed by atoms with Gasteiger partial charge in [0.05, 0.1) is 33.8 Å². The summed E-state index contributed by atoms with van der Waals surface area (Å²) in [5, 5.41) is 0. The van der Waals surface area contributed by atoms with Gasteiger partial charge in [-0.25, -0.2) is 0 Å². The molecule has 0 radical (unpaired) electrons. The summed E-state index contributed by atoms with van der Waals surface area (Å²) in [6.45, 7) is 3.08. The molecule has 24 heavy (non-hydrogen) atoms. The first-order valence-corrected chi connectivity index (χ1v) is 7.93. The van der Waals surface area contributed by atoms with Crippen molar-refractivity contribution < 1.29 is 19.0 Å². The van der Waals surface area contributed by atoms with Crippen molar-refractivity contribution in [1.82, 2.24) is 0 Å². The molecular weight excluding hydrogens is 306 g/mol. The van der Waals surface area contributed by atoms with Crippen molar-refractivity contribution in [1.29, 1.82) is 0 Å². The molecule has 1 heterocycles. The van der Waals surface area contributed by atoms with Gasteiger partial charge in [-0.3, -0.25) is 4.79 Å². The number of carbonyl (C=O) groups excluding carboxylic acids is 1. The number of nitrogens with zero attached hydrogens (tertiary/aromatic N) is 1. The summed E-state index contributed by atoms with van der Waals surface area (Å²) in [7, 11) is 3.21. The molecule has 1 aliphatic heterocycles. The molecule has 5 heteroatoms. The molecule has 0 saturated heterocycles. The predicted molar refractivity (Wildman–Crippen MR) is 92.1 cm³/mol. The zero-order chi connectivity index (χ0) is 17.1. The minimum absolute atomic E-state index is 0.0684. The highest BCUT2D eigenvalue weighted by atomic mass is 16.5. The van der Waals surface area contributed by atoms with Crippen LogP contribution in [0.25, 0.3) is 0 Å². The van der Waals surface area contributed by atoms with E-state index >= 15 is 0 Å². The maximum atomic E-state index is 12.5. The lowest BCUT2D eigenvalue weighted by atomic mass is 9.97. The maximum absolute atomic E-state index is 12.5. The number of ether oxygens (including phenoxy) is 3. The normalized spacial score (nSPS) is 13.5. The van der Waals surface area contributed by atoms with Crippen molar-refractivity contribution in [2.24, 2.45) is 0 Å². The lowest BCUT2D eigenvalue weighted by Gasteiger charge is -2.29. The lowest BCUT2D eigenvalue weighted by molar-refractivity contribution is -0.118. The first kappa shape index (κ1) is 16.2. The van der Waals surface area contributed by atoms with E-state index in [1.165, 1.54) is 0 Å². The Morgan fingerprint density at radius 2 is 1.62 bits per heavy atom. The van der Waals surface area contributed by atoms with Gasteiger partial charge in [-0.1, -0.05) is 0 Å². The van der Waals surface area contributed by atoms with Crippen LogP contribution in [0, 0.1) is 0 Å². The van der Waals surface area contributed by atoms with Crippen LogP contribution in [0.2, 0.25) is 0 Å². The molecule has 0 bridgehead atoms. The topological polar surface area (TPSA) is 48.0 Å². The molecule has 0 atom stereocenters. The molecule has 3 rings (SSSR count). The molecule has 1 amide bonds. The van der Waals surface area contributed by atoms with Crippen LogP contribution < -0.4 is 19.1 Å². The SMILES string of the molecule is CCOc1ccc(N2Cc3cc(OC)c(OC)cc3CC2=O)cc1. The standard InChI is InChI=1S/C19H21NO4/c1-4-24-16-7-5-15(6-8-16)20-12-14-10-18(23-3)17(22-2)9-13(14)11-19(20)21/h5-10H,4,11-12H2,1-3H3. The van der Waals surface area contributed by atoms with E-state index in [9.17, 15) is 4.79 Å². The van der Waals surface area contributed by atoms with Crippen molar-refractivity contribution >= 4 is 11.6 Å². The third kappa shape index (κ3) is 3.02. The van der Waals surface area contributed by atoms with Gasteiger partial charge in [0.25, 0.3) is 0 Å². The zero-order valence-electron chi connectivity index (χ0n) is 14.2. The Labute approximate surface area is 141 Å². The summed E-state index contributed by atoms with van der Waals surface area (Å²) in [4.78, 5) is 14.3. The predicted octanol–water partition coefficient (Wildman–Crippen LogP) is 3.19. The molecule has 0 unspecified atom stereocenters. The molecule has 0 N–H and O–H groups in total. The Morgan fingerprint density at radius 3 is 2.21 bits per heavy atom. The number of rotatable bonds is 5. The van der Waals surface area contributed by atoms with Crippen LogP contribution in [0.3, 0.4) is 0 Å². The minimum Gasteiger partial charge on any atom is -0.494 e. The molecule has 0 aliphatic carbocycles. The van der Waals surface area contributed by atoms with Gasteiger partial charge >= 0.3 is 0 Å². The highest BCUT2D eigenvalue weighted by Crippen LogP contribution is 2.35. The van der Waals surface area contributed by atoms with E-state index in [2.05, 4.69) is 0 Å². The van der Waals surface area contributed by atoms with Crippen molar-refractivity contribution in [2.75, 3.05) is 25.7 Å². The number of anilines is 1. The highest BCUT2D eigenvalue weighted by molar-refractivity contribution is 5.96. The summed E-state index contributed by atoms with van der Waals surface area (Å²) in [5.74, 6) is 2.20. The molecule has 126 valence electrons. The summed E-state index contributed by atoms with van der Waals surface area (Å²) in [6, 6.07) is 11.4. The van der Waals surface area contributed by atoms with Crippen LogP contribution in [-0.4, -0.2) is 26.7 Å². The summed E-state index contributed by atoms with van der Waals surface area (Å²) in [6.07, 6.45) is 0.350. The van der Waals surface area contributed by atoms with Crippen LogP contribution in [0.4, 0.5) is 5.69 Å². The Kier molecular flexibility index (Phi) is 4.60. The number of hydrogen-bond donors (Lipinski definition) is 0. The zero-order valence-corrected chi connectivity index (χ0v) is 14.2. The van der Waals surface area contributed by atoms with Crippen molar-refractivity contribution in [3.63, 3.8) is 0 Å². The molecule has 0 saturated carbocycles. The number of fused-ring (bicyclic) bond motifs is 1. The fourth-order valence-electron chi connectivity index (χ4n) is 2.92. The Balaban J connectivity index is 1.89. The second-order valence-electron chi connectivity index (χ2n) is 5.56. The van der Waals surface area contributed by atoms with Crippen molar-refractivity contribution in [3.05, 3.63) is 47.5 Å². The second kappa shape index (κ2) is 6.83. The van der Waals surface area contributed by atoms with Crippen molar-refractivity contribution in [3.8, 4) is 17.2 Å². The monoisotopic (exact) mass is 327 g/mol. The molecular formula is C19H21NO4. The van der Waals surface area contributed by atoms with Crippen LogP contribution in [0.5, 0.6) is 17.2 Å². The third-order valence-electron chi connectivity index (χ3n) is 4.14. The summed E-state index contributed by atoms with van der Waals surface area (Å²) in [5.41, 5.74) is 2.92. The van der Waals surface area contributed by atoms with E-state index in [-0.39, 0.29) is 5.91 Å². The van der Waals surface area contributed by atoms with Gasteiger partial charge in [0, 0.05) is 5.69 Å². The molecule has 0 aromatic heterocycles. The lowest BCUT2D eigenvalue weighted by Crippen LogP contribution is -2.36. The molecule has 5 nitrogen and oxygen atoms in total. The van der Waals surface area contributed by atoms with Crippen LogP contribution in [-0.2, 0) is 17.8 Å². The van der Waals surface area contributed by atoms with E-state index < -0.39 is 0 Å². The van der Waals surface area contributed by atoms with Gasteiger partial charge in [-0.15, -0.1) is 0 Å². The number of carbonyl (C=O) groups is 1. The smallest absolute Gasteiger partial charge is 0.231 e. The first-order valence-electron chi connectivity index (χ1n) is 7.93. The average Bonchev–Trinajstić information content (AvgIpc) is 2.61. The van der Waals surface area contributed by atoms with Gasteiger partial charge < -0.3 is 19.1 Å². The van der Waals surface area contributed by atoms with Crippen LogP contribution in [0.15, 0.2) is 36.4 Å². The number of hydrogen-bond acceptors (Lipinski definition) is 4. The Morgan fingerprint density at radius 1 is 1.00 bits per heavy atom.